The van der Waals surface area contributed by atoms with Crippen LogP contribution >= 0.6 is 0 Å². The van der Waals surface area contributed by atoms with Crippen molar-refractivity contribution in [3.05, 3.63) is 90.0 Å². The number of nitrogens with zero attached hydrogens (tertiary/aromatic N) is 2. The molecule has 0 saturated carbocycles. The number of carbonyl (C=O) groups excluding carboxylic acids is 1. The van der Waals surface area contributed by atoms with Gasteiger partial charge < -0.3 is 9.47 Å². The SMILES string of the molecule is COc1ccc(/C=N\NC(=O)CN(Cc2ccccc2)S(=O)(=O)c2ccc(OC)cc2)cc1. The van der Waals surface area contributed by atoms with Gasteiger partial charge >= 0.3 is 0 Å². The molecular formula is C24H25N3O5S. The minimum absolute atomic E-state index is 0.0326. The third-order valence-electron chi connectivity index (χ3n) is 4.74. The standard InChI is InChI=1S/C24H25N3O5S/c1-31-21-10-8-19(9-11-21)16-25-26-24(28)18-27(17-20-6-4-3-5-7-20)33(29,30)23-14-12-22(32-2)13-15-23/h3-16H,17-18H2,1-2H3,(H,26,28)/b25-16-. The average molecular weight is 468 g/mol. The van der Waals surface area contributed by atoms with Gasteiger partial charge in [0.05, 0.1) is 31.9 Å². The van der Waals surface area contributed by atoms with Crippen LogP contribution in [0.15, 0.2) is 88.9 Å². The van der Waals surface area contributed by atoms with Crippen molar-refractivity contribution in [2.45, 2.75) is 11.4 Å². The van der Waals surface area contributed by atoms with Gasteiger partial charge in [0.25, 0.3) is 5.91 Å². The first kappa shape index (κ1) is 24.0. The number of rotatable bonds is 10. The Morgan fingerprint density at radius 2 is 1.48 bits per heavy atom. The first-order valence-electron chi connectivity index (χ1n) is 10.1. The molecular weight excluding hydrogens is 442 g/mol. The van der Waals surface area contributed by atoms with Crippen LogP contribution in [0.3, 0.4) is 0 Å². The van der Waals surface area contributed by atoms with E-state index in [4.69, 9.17) is 9.47 Å². The maximum absolute atomic E-state index is 13.3. The van der Waals surface area contributed by atoms with Crippen LogP contribution in [0.5, 0.6) is 11.5 Å². The third kappa shape index (κ3) is 6.64. The molecule has 0 heterocycles. The number of amides is 1. The molecule has 3 rings (SSSR count). The number of hydrazone groups is 1. The van der Waals surface area contributed by atoms with E-state index < -0.39 is 22.5 Å². The third-order valence-corrected chi connectivity index (χ3v) is 6.54. The van der Waals surface area contributed by atoms with Crippen LogP contribution < -0.4 is 14.9 Å². The Morgan fingerprint density at radius 3 is 2.06 bits per heavy atom. The molecule has 3 aromatic rings. The summed E-state index contributed by atoms with van der Waals surface area (Å²) >= 11 is 0. The van der Waals surface area contributed by atoms with Gasteiger partial charge in [-0.05, 0) is 59.7 Å². The van der Waals surface area contributed by atoms with E-state index in [1.165, 1.54) is 25.5 Å². The molecule has 0 atom stereocenters. The number of benzene rings is 3. The van der Waals surface area contributed by atoms with Gasteiger partial charge in [-0.15, -0.1) is 0 Å². The minimum atomic E-state index is -3.95. The second-order valence-corrected chi connectivity index (χ2v) is 8.94. The predicted molar refractivity (Wildman–Crippen MR) is 126 cm³/mol. The first-order valence-corrected chi connectivity index (χ1v) is 11.5. The zero-order valence-electron chi connectivity index (χ0n) is 18.3. The molecule has 3 aromatic carbocycles. The fraction of sp³-hybridized carbons (Fsp3) is 0.167. The summed E-state index contributed by atoms with van der Waals surface area (Å²) in [5.41, 5.74) is 3.90. The van der Waals surface area contributed by atoms with E-state index in [2.05, 4.69) is 10.5 Å². The molecule has 1 N–H and O–H groups in total. The van der Waals surface area contributed by atoms with E-state index >= 15 is 0 Å². The summed E-state index contributed by atoms with van der Waals surface area (Å²) in [6.07, 6.45) is 1.47. The number of nitrogens with one attached hydrogen (secondary N) is 1. The van der Waals surface area contributed by atoms with E-state index in [1.54, 1.807) is 55.6 Å². The molecule has 0 radical (unpaired) electrons. The summed E-state index contributed by atoms with van der Waals surface area (Å²) in [5.74, 6) is 0.679. The normalized spacial score (nSPS) is 11.5. The molecule has 0 unspecified atom stereocenters. The van der Waals surface area contributed by atoms with Crippen LogP contribution in [-0.4, -0.2) is 45.6 Å². The van der Waals surface area contributed by atoms with E-state index in [-0.39, 0.29) is 11.4 Å². The van der Waals surface area contributed by atoms with Crippen LogP contribution in [0.4, 0.5) is 0 Å². The molecule has 0 fully saturated rings. The van der Waals surface area contributed by atoms with Crippen LogP contribution in [0.25, 0.3) is 0 Å². The van der Waals surface area contributed by atoms with Gasteiger partial charge in [-0.2, -0.15) is 9.41 Å². The Kier molecular flexibility index (Phi) is 8.17. The van der Waals surface area contributed by atoms with Crippen molar-refractivity contribution < 1.29 is 22.7 Å². The Balaban J connectivity index is 1.75. The summed E-state index contributed by atoms with van der Waals surface area (Å²) in [6, 6.07) is 22.2. The van der Waals surface area contributed by atoms with Crippen molar-refractivity contribution in [1.29, 1.82) is 0 Å². The van der Waals surface area contributed by atoms with Gasteiger partial charge in [-0.25, -0.2) is 13.8 Å². The fourth-order valence-electron chi connectivity index (χ4n) is 2.97. The summed E-state index contributed by atoms with van der Waals surface area (Å²) in [6.45, 7) is -0.367. The van der Waals surface area contributed by atoms with Crippen molar-refractivity contribution in [2.75, 3.05) is 20.8 Å². The van der Waals surface area contributed by atoms with Crippen LogP contribution in [0.1, 0.15) is 11.1 Å². The number of sulfonamides is 1. The fourth-order valence-corrected chi connectivity index (χ4v) is 4.36. The Bertz CT molecular complexity index is 1180. The highest BCUT2D eigenvalue weighted by atomic mass is 32.2. The highest BCUT2D eigenvalue weighted by Crippen LogP contribution is 2.21. The summed E-state index contributed by atoms with van der Waals surface area (Å²) in [5, 5.41) is 3.93. The monoisotopic (exact) mass is 467 g/mol. The van der Waals surface area contributed by atoms with Crippen molar-refractivity contribution in [3.8, 4) is 11.5 Å². The minimum Gasteiger partial charge on any atom is -0.497 e. The van der Waals surface area contributed by atoms with Gasteiger partial charge in [0.15, 0.2) is 0 Å². The lowest BCUT2D eigenvalue weighted by molar-refractivity contribution is -0.121. The number of ether oxygens (including phenoxy) is 2. The lowest BCUT2D eigenvalue weighted by atomic mass is 10.2. The van der Waals surface area contributed by atoms with E-state index in [1.807, 2.05) is 18.2 Å². The molecule has 1 amide bonds. The second kappa shape index (κ2) is 11.3. The molecule has 0 bridgehead atoms. The lowest BCUT2D eigenvalue weighted by Crippen LogP contribution is -2.39. The number of methoxy groups -OCH3 is 2. The number of carbonyl (C=O) groups is 1. The molecule has 33 heavy (non-hydrogen) atoms. The number of hydrogen-bond donors (Lipinski definition) is 1. The van der Waals surface area contributed by atoms with E-state index in [9.17, 15) is 13.2 Å². The summed E-state index contributed by atoms with van der Waals surface area (Å²) in [4.78, 5) is 12.6. The van der Waals surface area contributed by atoms with E-state index in [0.29, 0.717) is 11.5 Å². The molecule has 0 aliphatic rings. The Hall–Kier alpha value is -3.69. The summed E-state index contributed by atoms with van der Waals surface area (Å²) < 4.78 is 37.9. The predicted octanol–water partition coefficient (Wildman–Crippen LogP) is 3.05. The molecule has 0 spiro atoms. The molecule has 0 aromatic heterocycles. The Labute approximate surface area is 193 Å². The van der Waals surface area contributed by atoms with Crippen molar-refractivity contribution in [1.82, 2.24) is 9.73 Å². The Morgan fingerprint density at radius 1 is 0.909 bits per heavy atom. The maximum atomic E-state index is 13.3. The van der Waals surface area contributed by atoms with Gasteiger partial charge in [0, 0.05) is 6.54 Å². The van der Waals surface area contributed by atoms with Gasteiger partial charge in [0.2, 0.25) is 10.0 Å². The van der Waals surface area contributed by atoms with Gasteiger partial charge in [-0.1, -0.05) is 30.3 Å². The van der Waals surface area contributed by atoms with Crippen LogP contribution in [0, 0.1) is 0 Å². The highest BCUT2D eigenvalue weighted by Gasteiger charge is 2.27. The molecule has 9 heteroatoms. The zero-order chi connectivity index (χ0) is 23.7. The van der Waals surface area contributed by atoms with Crippen molar-refractivity contribution >= 4 is 22.1 Å². The highest BCUT2D eigenvalue weighted by molar-refractivity contribution is 7.89. The average Bonchev–Trinajstić information content (AvgIpc) is 2.84. The maximum Gasteiger partial charge on any atom is 0.255 e. The quantitative estimate of drug-likeness (QED) is 0.365. The summed E-state index contributed by atoms with van der Waals surface area (Å²) in [7, 11) is -0.877. The lowest BCUT2D eigenvalue weighted by Gasteiger charge is -2.21. The van der Waals surface area contributed by atoms with Crippen molar-refractivity contribution in [2.24, 2.45) is 5.10 Å². The first-order chi connectivity index (χ1) is 15.9. The molecule has 0 aliphatic carbocycles. The number of hydrogen-bond acceptors (Lipinski definition) is 6. The molecule has 8 nitrogen and oxygen atoms in total. The molecule has 0 saturated heterocycles. The zero-order valence-corrected chi connectivity index (χ0v) is 19.2. The van der Waals surface area contributed by atoms with Gasteiger partial charge in [0.1, 0.15) is 11.5 Å². The molecule has 0 aliphatic heterocycles. The van der Waals surface area contributed by atoms with E-state index in [0.717, 1.165) is 15.4 Å². The topological polar surface area (TPSA) is 97.3 Å². The second-order valence-electron chi connectivity index (χ2n) is 7.00. The molecule has 172 valence electrons. The van der Waals surface area contributed by atoms with Crippen molar-refractivity contribution in [3.63, 3.8) is 0 Å². The van der Waals surface area contributed by atoms with Gasteiger partial charge in [-0.3, -0.25) is 4.79 Å². The van der Waals surface area contributed by atoms with Crippen LogP contribution in [-0.2, 0) is 21.4 Å². The smallest absolute Gasteiger partial charge is 0.255 e. The van der Waals surface area contributed by atoms with Crippen LogP contribution in [0.2, 0.25) is 0 Å². The largest absolute Gasteiger partial charge is 0.497 e.